The van der Waals surface area contributed by atoms with Crippen molar-refractivity contribution in [2.45, 2.75) is 26.8 Å². The summed E-state index contributed by atoms with van der Waals surface area (Å²) in [4.78, 5) is 4.15. The first-order valence-electron chi connectivity index (χ1n) is 4.14. The highest BCUT2D eigenvalue weighted by atomic mass is 14.8. The van der Waals surface area contributed by atoms with Crippen LogP contribution in [0.3, 0.4) is 0 Å². The van der Waals surface area contributed by atoms with Crippen LogP contribution in [0, 0.1) is 6.92 Å². The number of pyridine rings is 1. The Morgan fingerprint density at radius 2 is 2.17 bits per heavy atom. The number of rotatable bonds is 2. The maximum Gasteiger partial charge on any atom is 0.123 e. The highest BCUT2D eigenvalue weighted by molar-refractivity contribution is 5.40. The number of nitrogens with two attached hydrogens (primary N) is 2. The zero-order valence-electron chi connectivity index (χ0n) is 7.59. The van der Waals surface area contributed by atoms with Crippen molar-refractivity contribution in [3.63, 3.8) is 0 Å². The van der Waals surface area contributed by atoms with Crippen LogP contribution in [0.1, 0.15) is 23.7 Å². The SMILES string of the molecule is CCc1cc(N)nc(C)c1CN. The second-order valence-electron chi connectivity index (χ2n) is 2.83. The average Bonchev–Trinajstić information content (AvgIpc) is 2.03. The molecule has 3 heteroatoms. The quantitative estimate of drug-likeness (QED) is 0.687. The van der Waals surface area contributed by atoms with Crippen molar-refractivity contribution in [2.24, 2.45) is 5.73 Å². The first-order valence-corrected chi connectivity index (χ1v) is 4.14. The van der Waals surface area contributed by atoms with Gasteiger partial charge in [-0.2, -0.15) is 0 Å². The Morgan fingerprint density at radius 1 is 1.50 bits per heavy atom. The molecular formula is C9H15N3. The van der Waals surface area contributed by atoms with Gasteiger partial charge in [0.05, 0.1) is 0 Å². The van der Waals surface area contributed by atoms with Gasteiger partial charge in [-0.25, -0.2) is 4.98 Å². The fraction of sp³-hybridized carbons (Fsp3) is 0.444. The van der Waals surface area contributed by atoms with Crippen molar-refractivity contribution in [1.82, 2.24) is 4.98 Å². The Morgan fingerprint density at radius 3 is 2.67 bits per heavy atom. The molecule has 0 aliphatic heterocycles. The molecule has 0 aromatic carbocycles. The van der Waals surface area contributed by atoms with Crippen LogP contribution in [-0.2, 0) is 13.0 Å². The third kappa shape index (κ3) is 1.56. The summed E-state index contributed by atoms with van der Waals surface area (Å²) in [6.45, 7) is 4.58. The standard InChI is InChI=1S/C9H15N3/c1-3-7-4-9(11)12-6(2)8(7)5-10/h4H,3,5,10H2,1-2H3,(H2,11,12). The highest BCUT2D eigenvalue weighted by Gasteiger charge is 2.04. The second-order valence-corrected chi connectivity index (χ2v) is 2.83. The molecule has 4 N–H and O–H groups in total. The molecule has 1 aromatic rings. The Bertz CT molecular complexity index is 281. The zero-order chi connectivity index (χ0) is 9.14. The smallest absolute Gasteiger partial charge is 0.123 e. The largest absolute Gasteiger partial charge is 0.384 e. The highest BCUT2D eigenvalue weighted by Crippen LogP contribution is 2.15. The summed E-state index contributed by atoms with van der Waals surface area (Å²) in [5.41, 5.74) is 14.5. The molecule has 12 heavy (non-hydrogen) atoms. The predicted molar refractivity (Wildman–Crippen MR) is 50.7 cm³/mol. The summed E-state index contributed by atoms with van der Waals surface area (Å²) in [6.07, 6.45) is 0.958. The van der Waals surface area contributed by atoms with Crippen molar-refractivity contribution < 1.29 is 0 Å². The van der Waals surface area contributed by atoms with E-state index >= 15 is 0 Å². The normalized spacial score (nSPS) is 10.2. The van der Waals surface area contributed by atoms with Gasteiger partial charge in [-0.3, -0.25) is 0 Å². The van der Waals surface area contributed by atoms with E-state index in [4.69, 9.17) is 11.5 Å². The molecule has 0 saturated carbocycles. The van der Waals surface area contributed by atoms with Gasteiger partial charge in [-0.1, -0.05) is 6.92 Å². The van der Waals surface area contributed by atoms with Gasteiger partial charge in [-0.15, -0.1) is 0 Å². The van der Waals surface area contributed by atoms with Gasteiger partial charge in [0, 0.05) is 12.2 Å². The lowest BCUT2D eigenvalue weighted by Gasteiger charge is -2.09. The minimum atomic E-state index is 0.544. The molecular weight excluding hydrogens is 150 g/mol. The van der Waals surface area contributed by atoms with E-state index in [0.717, 1.165) is 17.7 Å². The molecule has 0 atom stereocenters. The minimum absolute atomic E-state index is 0.544. The van der Waals surface area contributed by atoms with E-state index in [1.54, 1.807) is 0 Å². The van der Waals surface area contributed by atoms with E-state index in [2.05, 4.69) is 11.9 Å². The summed E-state index contributed by atoms with van der Waals surface area (Å²) in [6, 6.07) is 1.90. The predicted octanol–water partition coefficient (Wildman–Crippen LogP) is 0.993. The molecule has 1 heterocycles. The van der Waals surface area contributed by atoms with Gasteiger partial charge < -0.3 is 11.5 Å². The molecule has 0 unspecified atom stereocenters. The van der Waals surface area contributed by atoms with Crippen LogP contribution in [0.4, 0.5) is 5.82 Å². The Balaban J connectivity index is 3.24. The molecule has 1 aromatic heterocycles. The Kier molecular flexibility index (Phi) is 2.65. The minimum Gasteiger partial charge on any atom is -0.384 e. The van der Waals surface area contributed by atoms with Crippen molar-refractivity contribution in [2.75, 3.05) is 5.73 Å². The summed E-state index contributed by atoms with van der Waals surface area (Å²) >= 11 is 0. The molecule has 0 aliphatic rings. The van der Waals surface area contributed by atoms with E-state index in [1.165, 1.54) is 5.56 Å². The molecule has 0 fully saturated rings. The molecule has 66 valence electrons. The number of anilines is 1. The Labute approximate surface area is 72.8 Å². The lowest BCUT2D eigenvalue weighted by atomic mass is 10.0. The summed E-state index contributed by atoms with van der Waals surface area (Å²) < 4.78 is 0. The Hall–Kier alpha value is -1.09. The summed E-state index contributed by atoms with van der Waals surface area (Å²) in [7, 11) is 0. The molecule has 0 radical (unpaired) electrons. The van der Waals surface area contributed by atoms with Gasteiger partial charge in [0.15, 0.2) is 0 Å². The zero-order valence-corrected chi connectivity index (χ0v) is 7.59. The van der Waals surface area contributed by atoms with E-state index in [1.807, 2.05) is 13.0 Å². The van der Waals surface area contributed by atoms with Gasteiger partial charge in [0.2, 0.25) is 0 Å². The van der Waals surface area contributed by atoms with Crippen molar-refractivity contribution >= 4 is 5.82 Å². The molecule has 0 aliphatic carbocycles. The number of hydrogen-bond donors (Lipinski definition) is 2. The van der Waals surface area contributed by atoms with Crippen LogP contribution in [0.15, 0.2) is 6.07 Å². The summed E-state index contributed by atoms with van der Waals surface area (Å²) in [5.74, 6) is 0.585. The lowest BCUT2D eigenvalue weighted by Crippen LogP contribution is -2.07. The van der Waals surface area contributed by atoms with Gasteiger partial charge >= 0.3 is 0 Å². The van der Waals surface area contributed by atoms with E-state index in [0.29, 0.717) is 12.4 Å². The van der Waals surface area contributed by atoms with Crippen LogP contribution in [0.25, 0.3) is 0 Å². The number of nitrogen functional groups attached to an aromatic ring is 1. The first-order chi connectivity index (χ1) is 5.69. The topological polar surface area (TPSA) is 64.9 Å². The second kappa shape index (κ2) is 3.54. The van der Waals surface area contributed by atoms with Gasteiger partial charge in [0.1, 0.15) is 5.82 Å². The maximum absolute atomic E-state index is 5.61. The lowest BCUT2D eigenvalue weighted by molar-refractivity contribution is 0.956. The monoisotopic (exact) mass is 165 g/mol. The van der Waals surface area contributed by atoms with E-state index in [9.17, 15) is 0 Å². The van der Waals surface area contributed by atoms with Crippen molar-refractivity contribution in [3.05, 3.63) is 22.9 Å². The molecule has 0 saturated heterocycles. The number of nitrogens with zero attached hydrogens (tertiary/aromatic N) is 1. The van der Waals surface area contributed by atoms with Crippen molar-refractivity contribution in [3.8, 4) is 0 Å². The molecule has 0 spiro atoms. The van der Waals surface area contributed by atoms with Crippen LogP contribution in [-0.4, -0.2) is 4.98 Å². The number of hydrogen-bond acceptors (Lipinski definition) is 3. The van der Waals surface area contributed by atoms with Crippen LogP contribution >= 0.6 is 0 Å². The maximum atomic E-state index is 5.61. The van der Waals surface area contributed by atoms with Crippen molar-refractivity contribution in [1.29, 1.82) is 0 Å². The van der Waals surface area contributed by atoms with Gasteiger partial charge in [-0.05, 0) is 30.5 Å². The fourth-order valence-corrected chi connectivity index (χ4v) is 1.39. The molecule has 1 rings (SSSR count). The number of aryl methyl sites for hydroxylation is 2. The molecule has 3 nitrogen and oxygen atoms in total. The third-order valence-electron chi connectivity index (χ3n) is 2.03. The fourth-order valence-electron chi connectivity index (χ4n) is 1.39. The number of aromatic nitrogens is 1. The summed E-state index contributed by atoms with van der Waals surface area (Å²) in [5, 5.41) is 0. The molecule has 0 amide bonds. The van der Waals surface area contributed by atoms with Crippen LogP contribution < -0.4 is 11.5 Å². The first kappa shape index (κ1) is 9.00. The molecule has 0 bridgehead atoms. The van der Waals surface area contributed by atoms with Crippen LogP contribution in [0.5, 0.6) is 0 Å². The van der Waals surface area contributed by atoms with Crippen LogP contribution in [0.2, 0.25) is 0 Å². The average molecular weight is 165 g/mol. The van der Waals surface area contributed by atoms with E-state index in [-0.39, 0.29) is 0 Å². The third-order valence-corrected chi connectivity index (χ3v) is 2.03. The van der Waals surface area contributed by atoms with E-state index < -0.39 is 0 Å². The van der Waals surface area contributed by atoms with Gasteiger partial charge in [0.25, 0.3) is 0 Å².